The second kappa shape index (κ2) is 10.1. The van der Waals surface area contributed by atoms with E-state index in [1.54, 1.807) is 18.4 Å². The molecule has 27 heavy (non-hydrogen) atoms. The molecule has 1 atom stereocenters. The molecule has 7 heteroatoms. The van der Waals surface area contributed by atoms with Crippen LogP contribution in [0.4, 0.5) is 0 Å². The molecule has 150 valence electrons. The molecular formula is C20H30ClN3O2S. The van der Waals surface area contributed by atoms with Crippen LogP contribution >= 0.6 is 23.7 Å². The summed E-state index contributed by atoms with van der Waals surface area (Å²) in [5, 5.41) is 4.09. The van der Waals surface area contributed by atoms with Gasteiger partial charge in [0, 0.05) is 12.1 Å². The zero-order valence-electron chi connectivity index (χ0n) is 16.7. The lowest BCUT2D eigenvalue weighted by Gasteiger charge is -2.30. The molecule has 0 saturated heterocycles. The number of thiazole rings is 1. The van der Waals surface area contributed by atoms with Crippen molar-refractivity contribution in [2.75, 3.05) is 13.7 Å². The Labute approximate surface area is 172 Å². The third-order valence-corrected chi connectivity index (χ3v) is 6.53. The Morgan fingerprint density at radius 3 is 2.37 bits per heavy atom. The Kier molecular flexibility index (Phi) is 8.72. The molecule has 1 heterocycles. The number of methoxy groups -OCH3 is 1. The summed E-state index contributed by atoms with van der Waals surface area (Å²) in [6, 6.07) is 7.75. The van der Waals surface area contributed by atoms with Crippen LogP contribution in [-0.2, 0) is 4.79 Å². The first-order valence-corrected chi connectivity index (χ1v) is 9.85. The SMILES string of the molecule is CCC(CC)(CN)C(=O)NC(C)c1sc(-c2ccc(OC)cc2)nc1C.Cl. The van der Waals surface area contributed by atoms with Crippen LogP contribution in [0.3, 0.4) is 0 Å². The van der Waals surface area contributed by atoms with E-state index >= 15 is 0 Å². The van der Waals surface area contributed by atoms with Crippen molar-refractivity contribution in [3.63, 3.8) is 0 Å². The van der Waals surface area contributed by atoms with Gasteiger partial charge in [-0.3, -0.25) is 4.79 Å². The number of nitrogens with two attached hydrogens (primary N) is 1. The first kappa shape index (κ1) is 23.4. The molecule has 3 N–H and O–H groups in total. The van der Waals surface area contributed by atoms with Crippen molar-refractivity contribution in [2.45, 2.75) is 46.6 Å². The molecule has 0 saturated carbocycles. The number of ether oxygens (including phenoxy) is 1. The summed E-state index contributed by atoms with van der Waals surface area (Å²) in [4.78, 5) is 18.5. The summed E-state index contributed by atoms with van der Waals surface area (Å²) in [5.74, 6) is 0.844. The van der Waals surface area contributed by atoms with Gasteiger partial charge in [0.2, 0.25) is 5.91 Å². The van der Waals surface area contributed by atoms with Gasteiger partial charge in [-0.1, -0.05) is 13.8 Å². The number of nitrogens with one attached hydrogen (secondary N) is 1. The largest absolute Gasteiger partial charge is 0.497 e. The summed E-state index contributed by atoms with van der Waals surface area (Å²) in [5.41, 5.74) is 7.39. The average molecular weight is 412 g/mol. The normalized spacial score (nSPS) is 12.2. The minimum atomic E-state index is -0.494. The van der Waals surface area contributed by atoms with Crippen molar-refractivity contribution in [1.29, 1.82) is 0 Å². The van der Waals surface area contributed by atoms with Crippen LogP contribution in [0.1, 0.15) is 50.2 Å². The van der Waals surface area contributed by atoms with E-state index in [0.29, 0.717) is 6.54 Å². The Morgan fingerprint density at radius 1 is 1.30 bits per heavy atom. The second-order valence-corrected chi connectivity index (χ2v) is 7.61. The summed E-state index contributed by atoms with van der Waals surface area (Å²) < 4.78 is 5.20. The van der Waals surface area contributed by atoms with Crippen molar-refractivity contribution in [3.05, 3.63) is 34.8 Å². The Balaban J connectivity index is 0.00000364. The number of benzene rings is 1. The van der Waals surface area contributed by atoms with Crippen LogP contribution in [0.25, 0.3) is 10.6 Å². The highest BCUT2D eigenvalue weighted by atomic mass is 35.5. The summed E-state index contributed by atoms with van der Waals surface area (Å²) in [6.07, 6.45) is 1.47. The van der Waals surface area contributed by atoms with E-state index in [1.807, 2.05) is 52.0 Å². The lowest BCUT2D eigenvalue weighted by Crippen LogP contribution is -2.46. The second-order valence-electron chi connectivity index (χ2n) is 6.58. The molecule has 0 fully saturated rings. The summed E-state index contributed by atoms with van der Waals surface area (Å²) >= 11 is 1.61. The molecule has 0 radical (unpaired) electrons. The first-order chi connectivity index (χ1) is 12.4. The zero-order chi connectivity index (χ0) is 19.3. The van der Waals surface area contributed by atoms with Gasteiger partial charge >= 0.3 is 0 Å². The van der Waals surface area contributed by atoms with Crippen LogP contribution in [0, 0.1) is 12.3 Å². The van der Waals surface area contributed by atoms with Gasteiger partial charge < -0.3 is 15.8 Å². The zero-order valence-corrected chi connectivity index (χ0v) is 18.3. The summed E-state index contributed by atoms with van der Waals surface area (Å²) in [7, 11) is 1.65. The standard InChI is InChI=1S/C20H29N3O2S.ClH/c1-6-20(7-2,12-21)19(24)23-14(4)17-13(3)22-18(26-17)15-8-10-16(25-5)11-9-15;/h8-11,14H,6-7,12,21H2,1-5H3,(H,23,24);1H. The smallest absolute Gasteiger partial charge is 0.227 e. The third-order valence-electron chi connectivity index (χ3n) is 5.14. The molecule has 1 amide bonds. The molecule has 0 aliphatic carbocycles. The van der Waals surface area contributed by atoms with Gasteiger partial charge in [-0.2, -0.15) is 0 Å². The highest BCUT2D eigenvalue weighted by Crippen LogP contribution is 2.33. The van der Waals surface area contributed by atoms with E-state index in [9.17, 15) is 4.79 Å². The molecule has 2 rings (SSSR count). The molecule has 1 aromatic heterocycles. The fourth-order valence-electron chi connectivity index (χ4n) is 3.03. The van der Waals surface area contributed by atoms with Gasteiger partial charge in [0.1, 0.15) is 10.8 Å². The monoisotopic (exact) mass is 411 g/mol. The van der Waals surface area contributed by atoms with Crippen molar-refractivity contribution in [1.82, 2.24) is 10.3 Å². The Morgan fingerprint density at radius 2 is 1.89 bits per heavy atom. The summed E-state index contributed by atoms with van der Waals surface area (Å²) in [6.45, 7) is 8.37. The van der Waals surface area contributed by atoms with Gasteiger partial charge in [-0.15, -0.1) is 23.7 Å². The van der Waals surface area contributed by atoms with Gasteiger partial charge in [0.25, 0.3) is 0 Å². The number of hydrogen-bond donors (Lipinski definition) is 2. The molecule has 0 aliphatic heterocycles. The molecule has 0 bridgehead atoms. The number of carbonyl (C=O) groups is 1. The molecule has 2 aromatic rings. The number of hydrogen-bond acceptors (Lipinski definition) is 5. The van der Waals surface area contributed by atoms with E-state index in [2.05, 4.69) is 10.3 Å². The first-order valence-electron chi connectivity index (χ1n) is 9.03. The van der Waals surface area contributed by atoms with Gasteiger partial charge in [-0.25, -0.2) is 4.98 Å². The van der Waals surface area contributed by atoms with Crippen molar-refractivity contribution in [3.8, 4) is 16.3 Å². The van der Waals surface area contributed by atoms with Crippen LogP contribution < -0.4 is 15.8 Å². The highest BCUT2D eigenvalue weighted by molar-refractivity contribution is 7.15. The number of nitrogens with zero attached hydrogens (tertiary/aromatic N) is 1. The van der Waals surface area contributed by atoms with E-state index in [4.69, 9.17) is 10.5 Å². The average Bonchev–Trinajstić information content (AvgIpc) is 3.05. The quantitative estimate of drug-likeness (QED) is 0.670. The fourth-order valence-corrected chi connectivity index (χ4v) is 4.11. The molecular weight excluding hydrogens is 382 g/mol. The molecule has 0 aliphatic rings. The van der Waals surface area contributed by atoms with E-state index in [-0.39, 0.29) is 24.4 Å². The minimum absolute atomic E-state index is 0. The number of halogens is 1. The Hall–Kier alpha value is -1.63. The van der Waals surface area contributed by atoms with E-state index in [1.165, 1.54) is 0 Å². The molecule has 0 spiro atoms. The van der Waals surface area contributed by atoms with Crippen LogP contribution in [0.15, 0.2) is 24.3 Å². The van der Waals surface area contributed by atoms with Crippen LogP contribution in [0.2, 0.25) is 0 Å². The number of amides is 1. The maximum absolute atomic E-state index is 12.8. The Bertz CT molecular complexity index is 734. The topological polar surface area (TPSA) is 77.2 Å². The number of carbonyl (C=O) groups excluding carboxylic acids is 1. The highest BCUT2D eigenvalue weighted by Gasteiger charge is 2.34. The predicted octanol–water partition coefficient (Wildman–Crippen LogP) is 4.49. The van der Waals surface area contributed by atoms with Crippen molar-refractivity contribution >= 4 is 29.7 Å². The van der Waals surface area contributed by atoms with Gasteiger partial charge in [0.15, 0.2) is 0 Å². The van der Waals surface area contributed by atoms with Crippen LogP contribution in [0.5, 0.6) is 5.75 Å². The van der Waals surface area contributed by atoms with Crippen molar-refractivity contribution < 1.29 is 9.53 Å². The molecule has 1 unspecified atom stereocenters. The lowest BCUT2D eigenvalue weighted by molar-refractivity contribution is -0.131. The minimum Gasteiger partial charge on any atom is -0.497 e. The maximum atomic E-state index is 12.8. The van der Waals surface area contributed by atoms with Crippen LogP contribution in [-0.4, -0.2) is 24.5 Å². The third kappa shape index (κ3) is 5.00. The predicted molar refractivity (Wildman–Crippen MR) is 115 cm³/mol. The van der Waals surface area contributed by atoms with Crippen molar-refractivity contribution in [2.24, 2.45) is 11.1 Å². The van der Waals surface area contributed by atoms with Gasteiger partial charge in [-0.05, 0) is 51.0 Å². The molecule has 5 nitrogen and oxygen atoms in total. The lowest BCUT2D eigenvalue weighted by atomic mass is 9.81. The van der Waals surface area contributed by atoms with E-state index in [0.717, 1.165) is 39.7 Å². The number of aromatic nitrogens is 1. The fraction of sp³-hybridized carbons (Fsp3) is 0.500. The van der Waals surface area contributed by atoms with Gasteiger partial charge in [0.05, 0.1) is 29.1 Å². The molecule has 1 aromatic carbocycles. The number of rotatable bonds is 8. The number of aryl methyl sites for hydroxylation is 1. The van der Waals surface area contributed by atoms with E-state index < -0.39 is 5.41 Å². The maximum Gasteiger partial charge on any atom is 0.227 e.